The van der Waals surface area contributed by atoms with Gasteiger partial charge in [0.15, 0.2) is 0 Å². The molecule has 4 rings (SSSR count). The Morgan fingerprint density at radius 1 is 1.26 bits per heavy atom. The zero-order valence-electron chi connectivity index (χ0n) is 17.6. The molecule has 2 aromatic heterocycles. The molecule has 0 bridgehead atoms. The Hall–Kier alpha value is -2.41. The minimum atomic E-state index is -0.0791. The minimum Gasteiger partial charge on any atom is -0.398 e. The Morgan fingerprint density at radius 3 is 2.90 bits per heavy atom. The number of hydrogen-bond donors (Lipinski definition) is 1. The average molecular weight is 455 g/mol. The van der Waals surface area contributed by atoms with E-state index in [-0.39, 0.29) is 11.9 Å². The van der Waals surface area contributed by atoms with Crippen LogP contribution < -0.4 is 5.73 Å². The SMILES string of the molecule is CCCC1C(=O)N(Cc2ccc3c(N)ccnc3c2)CCN1C/C=C/c1ccc(Cl)s1. The van der Waals surface area contributed by atoms with Gasteiger partial charge in [0, 0.05) is 48.3 Å². The lowest BCUT2D eigenvalue weighted by atomic mass is 10.0. The van der Waals surface area contributed by atoms with E-state index in [2.05, 4.69) is 29.0 Å². The molecule has 31 heavy (non-hydrogen) atoms. The number of benzene rings is 1. The van der Waals surface area contributed by atoms with Crippen molar-refractivity contribution in [3.8, 4) is 0 Å². The van der Waals surface area contributed by atoms with Crippen LogP contribution in [0.3, 0.4) is 0 Å². The highest BCUT2D eigenvalue weighted by Gasteiger charge is 2.33. The van der Waals surface area contributed by atoms with Gasteiger partial charge in [0.05, 0.1) is 15.9 Å². The van der Waals surface area contributed by atoms with Crippen molar-refractivity contribution in [2.24, 2.45) is 0 Å². The van der Waals surface area contributed by atoms with Gasteiger partial charge in [-0.15, -0.1) is 11.3 Å². The molecular formula is C24H27ClN4OS. The van der Waals surface area contributed by atoms with Crippen LogP contribution in [0.25, 0.3) is 17.0 Å². The number of fused-ring (bicyclic) bond motifs is 1. The van der Waals surface area contributed by atoms with E-state index in [1.54, 1.807) is 17.5 Å². The Balaban J connectivity index is 1.44. The topological polar surface area (TPSA) is 62.5 Å². The number of halogens is 1. The van der Waals surface area contributed by atoms with Crippen LogP contribution >= 0.6 is 22.9 Å². The number of thiophene rings is 1. The maximum atomic E-state index is 13.3. The van der Waals surface area contributed by atoms with Gasteiger partial charge in [-0.05, 0) is 42.3 Å². The maximum absolute atomic E-state index is 13.3. The molecule has 1 atom stereocenters. The molecule has 162 valence electrons. The summed E-state index contributed by atoms with van der Waals surface area (Å²) in [5.41, 5.74) is 8.71. The van der Waals surface area contributed by atoms with E-state index < -0.39 is 0 Å². The highest BCUT2D eigenvalue weighted by Crippen LogP contribution is 2.24. The van der Waals surface area contributed by atoms with E-state index in [9.17, 15) is 4.79 Å². The zero-order chi connectivity index (χ0) is 21.8. The molecular weight excluding hydrogens is 428 g/mol. The van der Waals surface area contributed by atoms with Crippen LogP contribution in [0, 0.1) is 0 Å². The molecule has 0 aliphatic carbocycles. The monoisotopic (exact) mass is 454 g/mol. The summed E-state index contributed by atoms with van der Waals surface area (Å²) in [4.78, 5) is 23.1. The van der Waals surface area contributed by atoms with Gasteiger partial charge in [0.1, 0.15) is 0 Å². The number of carbonyl (C=O) groups is 1. The second-order valence-corrected chi connectivity index (χ2v) is 9.60. The molecule has 0 spiro atoms. The van der Waals surface area contributed by atoms with Crippen molar-refractivity contribution >= 4 is 51.5 Å². The average Bonchev–Trinajstić information content (AvgIpc) is 3.17. The number of carbonyl (C=O) groups excluding carboxylic acids is 1. The molecule has 1 aliphatic heterocycles. The summed E-state index contributed by atoms with van der Waals surface area (Å²) in [7, 11) is 0. The Bertz CT molecular complexity index is 1100. The number of nitrogens with two attached hydrogens (primary N) is 1. The third-order valence-corrected chi connectivity index (χ3v) is 6.88. The molecule has 1 amide bonds. The van der Waals surface area contributed by atoms with Gasteiger partial charge in [-0.3, -0.25) is 14.7 Å². The van der Waals surface area contributed by atoms with E-state index in [0.29, 0.717) is 6.54 Å². The summed E-state index contributed by atoms with van der Waals surface area (Å²) < 4.78 is 0.791. The third kappa shape index (κ3) is 5.09. The van der Waals surface area contributed by atoms with Gasteiger partial charge in [0.2, 0.25) is 5.91 Å². The van der Waals surface area contributed by atoms with Crippen LogP contribution in [0.2, 0.25) is 4.34 Å². The zero-order valence-corrected chi connectivity index (χ0v) is 19.2. The fraction of sp³-hybridized carbons (Fsp3) is 0.333. The first-order valence-corrected chi connectivity index (χ1v) is 11.8. The second-order valence-electron chi connectivity index (χ2n) is 7.86. The van der Waals surface area contributed by atoms with E-state index in [4.69, 9.17) is 17.3 Å². The smallest absolute Gasteiger partial charge is 0.240 e. The summed E-state index contributed by atoms with van der Waals surface area (Å²) in [5, 5.41) is 0.949. The van der Waals surface area contributed by atoms with Gasteiger partial charge in [-0.25, -0.2) is 0 Å². The number of nitrogens with zero attached hydrogens (tertiary/aromatic N) is 3. The quantitative estimate of drug-likeness (QED) is 0.542. The second kappa shape index (κ2) is 9.81. The Morgan fingerprint density at radius 2 is 2.13 bits per heavy atom. The highest BCUT2D eigenvalue weighted by atomic mass is 35.5. The standard InChI is InChI=1S/C24H27ClN4OS/c1-2-4-22-24(30)29(14-13-28(22)12-3-5-18-7-9-23(25)31-18)16-17-6-8-19-20(26)10-11-27-21(19)15-17/h3,5-11,15,22H,2,4,12-14,16H2,1H3,(H2,26,27)/b5-3+. The molecule has 7 heteroatoms. The molecule has 2 N–H and O–H groups in total. The number of rotatable bonds is 7. The maximum Gasteiger partial charge on any atom is 0.240 e. The lowest BCUT2D eigenvalue weighted by molar-refractivity contribution is -0.142. The predicted molar refractivity (Wildman–Crippen MR) is 130 cm³/mol. The van der Waals surface area contributed by atoms with Crippen LogP contribution in [0.4, 0.5) is 5.69 Å². The predicted octanol–water partition coefficient (Wildman–Crippen LogP) is 5.06. The van der Waals surface area contributed by atoms with Crippen molar-refractivity contribution in [2.45, 2.75) is 32.4 Å². The highest BCUT2D eigenvalue weighted by molar-refractivity contribution is 7.16. The largest absolute Gasteiger partial charge is 0.398 e. The molecule has 1 aromatic carbocycles. The Labute approximate surface area is 192 Å². The number of nitrogen functional groups attached to an aromatic ring is 1. The fourth-order valence-corrected chi connectivity index (χ4v) is 5.09. The summed E-state index contributed by atoms with van der Waals surface area (Å²) in [5.74, 6) is 0.210. The first-order chi connectivity index (χ1) is 15.0. The molecule has 0 radical (unpaired) electrons. The number of hydrogen-bond acceptors (Lipinski definition) is 5. The third-order valence-electron chi connectivity index (χ3n) is 5.69. The summed E-state index contributed by atoms with van der Waals surface area (Å²) in [6, 6.07) is 11.7. The van der Waals surface area contributed by atoms with Crippen molar-refractivity contribution in [3.63, 3.8) is 0 Å². The van der Waals surface area contributed by atoms with E-state index >= 15 is 0 Å². The van der Waals surface area contributed by atoms with Gasteiger partial charge in [-0.2, -0.15) is 0 Å². The number of pyridine rings is 1. The number of anilines is 1. The van der Waals surface area contributed by atoms with Crippen LogP contribution in [0.15, 0.2) is 48.7 Å². The number of piperazine rings is 1. The summed E-state index contributed by atoms with van der Waals surface area (Å²) >= 11 is 7.57. The van der Waals surface area contributed by atoms with Crippen LogP contribution in [-0.2, 0) is 11.3 Å². The molecule has 0 saturated carbocycles. The lowest BCUT2D eigenvalue weighted by Gasteiger charge is -2.40. The van der Waals surface area contributed by atoms with Crippen molar-refractivity contribution < 1.29 is 4.79 Å². The van der Waals surface area contributed by atoms with Crippen molar-refractivity contribution in [1.82, 2.24) is 14.8 Å². The molecule has 5 nitrogen and oxygen atoms in total. The van der Waals surface area contributed by atoms with E-state index in [1.807, 2.05) is 41.3 Å². The lowest BCUT2D eigenvalue weighted by Crippen LogP contribution is -2.56. The molecule has 1 aliphatic rings. The van der Waals surface area contributed by atoms with Gasteiger partial charge in [-0.1, -0.05) is 43.2 Å². The Kier molecular flexibility index (Phi) is 6.90. The molecule has 3 aromatic rings. The van der Waals surface area contributed by atoms with Gasteiger partial charge >= 0.3 is 0 Å². The molecule has 1 saturated heterocycles. The molecule has 3 heterocycles. The van der Waals surface area contributed by atoms with Gasteiger partial charge in [0.25, 0.3) is 0 Å². The van der Waals surface area contributed by atoms with Gasteiger partial charge < -0.3 is 10.6 Å². The van der Waals surface area contributed by atoms with Crippen LogP contribution in [0.1, 0.15) is 30.2 Å². The first-order valence-electron chi connectivity index (χ1n) is 10.6. The number of aromatic nitrogens is 1. The van der Waals surface area contributed by atoms with Crippen LogP contribution in [-0.4, -0.2) is 46.4 Å². The molecule has 1 fully saturated rings. The minimum absolute atomic E-state index is 0.0791. The van der Waals surface area contributed by atoms with Crippen LogP contribution in [0.5, 0.6) is 0 Å². The van der Waals surface area contributed by atoms with Crippen molar-refractivity contribution in [3.05, 3.63) is 63.4 Å². The van der Waals surface area contributed by atoms with Crippen molar-refractivity contribution in [1.29, 1.82) is 0 Å². The van der Waals surface area contributed by atoms with E-state index in [1.165, 1.54) is 0 Å². The van der Waals surface area contributed by atoms with Crippen molar-refractivity contribution in [2.75, 3.05) is 25.4 Å². The normalized spacial score (nSPS) is 17.8. The van der Waals surface area contributed by atoms with E-state index in [0.717, 1.165) is 63.8 Å². The summed E-state index contributed by atoms with van der Waals surface area (Å²) in [6.07, 6.45) is 7.78. The molecule has 1 unspecified atom stereocenters. The number of amides is 1. The summed E-state index contributed by atoms with van der Waals surface area (Å²) in [6.45, 7) is 5.08. The first kappa shape index (κ1) is 21.8. The fourth-order valence-electron chi connectivity index (χ4n) is 4.09.